The van der Waals surface area contributed by atoms with Gasteiger partial charge in [-0.2, -0.15) is 0 Å². The van der Waals surface area contributed by atoms with Gasteiger partial charge in [0.15, 0.2) is 0 Å². The number of aliphatic hydroxyl groups excluding tert-OH is 1. The van der Waals surface area contributed by atoms with Crippen LogP contribution in [0.3, 0.4) is 0 Å². The summed E-state index contributed by atoms with van der Waals surface area (Å²) in [7, 11) is 0. The van der Waals surface area contributed by atoms with Crippen LogP contribution in [0.2, 0.25) is 0 Å². The second-order valence-electron chi connectivity index (χ2n) is 3.89. The zero-order chi connectivity index (χ0) is 10.1. The fourth-order valence-electron chi connectivity index (χ4n) is 1.98. The molecule has 1 aromatic rings. The van der Waals surface area contributed by atoms with E-state index in [2.05, 4.69) is 10.3 Å². The third kappa shape index (κ3) is 1.60. The predicted molar refractivity (Wildman–Crippen MR) is 56.4 cm³/mol. The summed E-state index contributed by atoms with van der Waals surface area (Å²) in [4.78, 5) is 4.43. The van der Waals surface area contributed by atoms with Gasteiger partial charge in [0.2, 0.25) is 0 Å². The van der Waals surface area contributed by atoms with Gasteiger partial charge in [0.05, 0.1) is 6.10 Å². The van der Waals surface area contributed by atoms with Gasteiger partial charge in [-0.1, -0.05) is 0 Å². The minimum absolute atomic E-state index is 0.398. The number of nitrogens with one attached hydrogen (secondary N) is 1. The van der Waals surface area contributed by atoms with Gasteiger partial charge >= 0.3 is 0 Å². The Kier molecular flexibility index (Phi) is 2.42. The maximum Gasteiger partial charge on any atom is 0.129 e. The smallest absolute Gasteiger partial charge is 0.129 e. The standard InChI is InChI=1S/C11H16N2O/c1-7-6-10(8(2)14)9-4-3-5-12-11(9)13-7/h6,8,14H,3-5H2,1-2H3,(H,12,13). The zero-order valence-corrected chi connectivity index (χ0v) is 8.67. The molecule has 1 atom stereocenters. The summed E-state index contributed by atoms with van der Waals surface area (Å²) in [5, 5.41) is 12.9. The summed E-state index contributed by atoms with van der Waals surface area (Å²) < 4.78 is 0. The molecule has 1 aliphatic heterocycles. The van der Waals surface area contributed by atoms with Crippen molar-refractivity contribution in [3.63, 3.8) is 0 Å². The molecule has 1 unspecified atom stereocenters. The minimum Gasteiger partial charge on any atom is -0.389 e. The highest BCUT2D eigenvalue weighted by Gasteiger charge is 2.17. The van der Waals surface area contributed by atoms with Crippen molar-refractivity contribution in [1.82, 2.24) is 4.98 Å². The Morgan fingerprint density at radius 1 is 1.57 bits per heavy atom. The number of aromatic nitrogens is 1. The lowest BCUT2D eigenvalue weighted by atomic mass is 9.97. The molecule has 2 rings (SSSR count). The first-order chi connectivity index (χ1) is 6.68. The Hall–Kier alpha value is -1.09. The van der Waals surface area contributed by atoms with Crippen molar-refractivity contribution in [3.8, 4) is 0 Å². The fraction of sp³-hybridized carbons (Fsp3) is 0.545. The lowest BCUT2D eigenvalue weighted by molar-refractivity contribution is 0.198. The average Bonchev–Trinajstić information content (AvgIpc) is 2.16. The molecule has 0 saturated carbocycles. The van der Waals surface area contributed by atoms with Crippen LogP contribution < -0.4 is 5.32 Å². The van der Waals surface area contributed by atoms with E-state index in [1.165, 1.54) is 5.56 Å². The molecule has 76 valence electrons. The van der Waals surface area contributed by atoms with Gasteiger partial charge in [-0.25, -0.2) is 4.98 Å². The summed E-state index contributed by atoms with van der Waals surface area (Å²) in [6, 6.07) is 1.98. The summed E-state index contributed by atoms with van der Waals surface area (Å²) in [6.07, 6.45) is 1.75. The van der Waals surface area contributed by atoms with E-state index in [1.807, 2.05) is 19.9 Å². The van der Waals surface area contributed by atoms with Crippen LogP contribution in [0.25, 0.3) is 0 Å². The molecule has 3 nitrogen and oxygen atoms in total. The number of nitrogens with zero attached hydrogens (tertiary/aromatic N) is 1. The number of aryl methyl sites for hydroxylation is 1. The maximum absolute atomic E-state index is 9.65. The molecular formula is C11H16N2O. The number of anilines is 1. The van der Waals surface area contributed by atoms with Crippen LogP contribution in [-0.4, -0.2) is 16.6 Å². The first-order valence-corrected chi connectivity index (χ1v) is 5.11. The summed E-state index contributed by atoms with van der Waals surface area (Å²) in [5.74, 6) is 0.965. The first kappa shape index (κ1) is 9.46. The van der Waals surface area contributed by atoms with Gasteiger partial charge in [0, 0.05) is 17.8 Å². The highest BCUT2D eigenvalue weighted by Crippen LogP contribution is 2.28. The molecule has 0 amide bonds. The number of rotatable bonds is 1. The Bertz CT molecular complexity index is 347. The Morgan fingerprint density at radius 3 is 3.07 bits per heavy atom. The maximum atomic E-state index is 9.65. The van der Waals surface area contributed by atoms with Crippen LogP contribution in [0, 0.1) is 6.92 Å². The molecule has 1 aliphatic rings. The molecular weight excluding hydrogens is 176 g/mol. The van der Waals surface area contributed by atoms with Crippen molar-refractivity contribution in [2.45, 2.75) is 32.8 Å². The van der Waals surface area contributed by atoms with Crippen molar-refractivity contribution in [2.75, 3.05) is 11.9 Å². The first-order valence-electron chi connectivity index (χ1n) is 5.11. The van der Waals surface area contributed by atoms with Crippen LogP contribution in [0.5, 0.6) is 0 Å². The fourth-order valence-corrected chi connectivity index (χ4v) is 1.98. The molecule has 3 heteroatoms. The van der Waals surface area contributed by atoms with Gasteiger partial charge in [-0.3, -0.25) is 0 Å². The van der Waals surface area contributed by atoms with Crippen LogP contribution in [0.4, 0.5) is 5.82 Å². The molecule has 2 N–H and O–H groups in total. The second kappa shape index (κ2) is 3.58. The van der Waals surface area contributed by atoms with E-state index in [-0.39, 0.29) is 0 Å². The second-order valence-corrected chi connectivity index (χ2v) is 3.89. The number of pyridine rings is 1. The lowest BCUT2D eigenvalue weighted by Crippen LogP contribution is -2.16. The SMILES string of the molecule is Cc1cc(C(C)O)c2c(n1)NCCC2. The van der Waals surface area contributed by atoms with Crippen molar-refractivity contribution in [2.24, 2.45) is 0 Å². The van der Waals surface area contributed by atoms with Crippen molar-refractivity contribution in [1.29, 1.82) is 0 Å². The van der Waals surface area contributed by atoms with E-state index in [0.717, 1.165) is 36.5 Å². The lowest BCUT2D eigenvalue weighted by Gasteiger charge is -2.21. The monoisotopic (exact) mass is 192 g/mol. The number of hydrogen-bond donors (Lipinski definition) is 2. The van der Waals surface area contributed by atoms with Crippen molar-refractivity contribution in [3.05, 3.63) is 22.9 Å². The number of fused-ring (bicyclic) bond motifs is 1. The van der Waals surface area contributed by atoms with E-state index in [1.54, 1.807) is 0 Å². The summed E-state index contributed by atoms with van der Waals surface area (Å²) in [5.41, 5.74) is 3.19. The van der Waals surface area contributed by atoms with Crippen LogP contribution in [-0.2, 0) is 6.42 Å². The van der Waals surface area contributed by atoms with Crippen LogP contribution in [0.1, 0.15) is 36.3 Å². The number of hydrogen-bond acceptors (Lipinski definition) is 3. The van der Waals surface area contributed by atoms with Gasteiger partial charge in [-0.05, 0) is 38.3 Å². The van der Waals surface area contributed by atoms with E-state index >= 15 is 0 Å². The average molecular weight is 192 g/mol. The van der Waals surface area contributed by atoms with Crippen molar-refractivity contribution >= 4 is 5.82 Å². The quantitative estimate of drug-likeness (QED) is 0.713. The predicted octanol–water partition coefficient (Wildman–Crippen LogP) is 1.80. The van der Waals surface area contributed by atoms with E-state index in [4.69, 9.17) is 0 Å². The largest absolute Gasteiger partial charge is 0.389 e. The Morgan fingerprint density at radius 2 is 2.36 bits per heavy atom. The van der Waals surface area contributed by atoms with E-state index in [0.29, 0.717) is 0 Å². The molecule has 2 heterocycles. The van der Waals surface area contributed by atoms with Crippen LogP contribution >= 0.6 is 0 Å². The molecule has 0 aromatic carbocycles. The van der Waals surface area contributed by atoms with Gasteiger partial charge in [-0.15, -0.1) is 0 Å². The summed E-state index contributed by atoms with van der Waals surface area (Å²) >= 11 is 0. The highest BCUT2D eigenvalue weighted by atomic mass is 16.3. The molecule has 0 fully saturated rings. The number of aliphatic hydroxyl groups is 1. The molecule has 0 spiro atoms. The zero-order valence-electron chi connectivity index (χ0n) is 8.67. The van der Waals surface area contributed by atoms with Gasteiger partial charge < -0.3 is 10.4 Å². The molecule has 0 saturated heterocycles. The molecule has 14 heavy (non-hydrogen) atoms. The van der Waals surface area contributed by atoms with E-state index < -0.39 is 6.10 Å². The van der Waals surface area contributed by atoms with Crippen LogP contribution in [0.15, 0.2) is 6.07 Å². The third-order valence-corrected chi connectivity index (χ3v) is 2.63. The Balaban J connectivity index is 2.52. The normalized spacial score (nSPS) is 17.1. The highest BCUT2D eigenvalue weighted by molar-refractivity contribution is 5.52. The molecule has 1 aromatic heterocycles. The third-order valence-electron chi connectivity index (χ3n) is 2.63. The topological polar surface area (TPSA) is 45.2 Å². The molecule has 0 bridgehead atoms. The van der Waals surface area contributed by atoms with Gasteiger partial charge in [0.25, 0.3) is 0 Å². The molecule has 0 radical (unpaired) electrons. The minimum atomic E-state index is -0.398. The molecule has 0 aliphatic carbocycles. The Labute approximate surface area is 84.2 Å². The van der Waals surface area contributed by atoms with E-state index in [9.17, 15) is 5.11 Å². The van der Waals surface area contributed by atoms with Gasteiger partial charge in [0.1, 0.15) is 5.82 Å². The van der Waals surface area contributed by atoms with Crippen molar-refractivity contribution < 1.29 is 5.11 Å². The summed E-state index contributed by atoms with van der Waals surface area (Å²) in [6.45, 7) is 4.76.